The van der Waals surface area contributed by atoms with Gasteiger partial charge in [0.2, 0.25) is 0 Å². The maximum atomic E-state index is 12.4. The highest BCUT2D eigenvalue weighted by Crippen LogP contribution is 2.28. The van der Waals surface area contributed by atoms with Crippen LogP contribution in [-0.2, 0) is 6.18 Å². The fourth-order valence-electron chi connectivity index (χ4n) is 1.54. The Morgan fingerprint density at radius 3 is 2.37 bits per heavy atom. The minimum Gasteiger partial charge on any atom is -0.355 e. The number of alkyl halides is 3. The summed E-state index contributed by atoms with van der Waals surface area (Å²) in [5, 5.41) is 2.46. The van der Waals surface area contributed by atoms with E-state index in [1.54, 1.807) is 12.1 Å². The summed E-state index contributed by atoms with van der Waals surface area (Å²) in [7, 11) is 1.50. The van der Waals surface area contributed by atoms with Gasteiger partial charge in [0.05, 0.1) is 6.33 Å². The van der Waals surface area contributed by atoms with E-state index in [-0.39, 0.29) is 5.91 Å². The zero-order valence-electron chi connectivity index (χ0n) is 9.90. The van der Waals surface area contributed by atoms with Crippen molar-refractivity contribution in [1.29, 1.82) is 0 Å². The van der Waals surface area contributed by atoms with Crippen LogP contribution < -0.4 is 5.32 Å². The van der Waals surface area contributed by atoms with Crippen molar-refractivity contribution in [3.63, 3.8) is 0 Å². The molecule has 1 aromatic carbocycles. The summed E-state index contributed by atoms with van der Waals surface area (Å²) < 4.78 is 38.5. The summed E-state index contributed by atoms with van der Waals surface area (Å²) in [5.74, 6) is -0.256. The minimum absolute atomic E-state index is 0.256. The monoisotopic (exact) mass is 269 g/mol. The molecule has 0 bridgehead atoms. The molecule has 1 aromatic heterocycles. The van der Waals surface area contributed by atoms with E-state index in [4.69, 9.17) is 0 Å². The fourth-order valence-corrected chi connectivity index (χ4v) is 1.54. The van der Waals surface area contributed by atoms with Crippen molar-refractivity contribution in [2.75, 3.05) is 7.05 Å². The summed E-state index contributed by atoms with van der Waals surface area (Å²) >= 11 is 0. The summed E-state index contributed by atoms with van der Waals surface area (Å²) in [6.07, 6.45) is -2.49. The van der Waals surface area contributed by atoms with Crippen LogP contribution in [-0.4, -0.2) is 22.5 Å². The number of hydrogen-bond donors (Lipinski definition) is 1. The lowest BCUT2D eigenvalue weighted by Crippen LogP contribution is -2.17. The molecule has 0 atom stereocenters. The second-order valence-corrected chi connectivity index (χ2v) is 3.79. The molecular weight excluding hydrogens is 259 g/mol. The van der Waals surface area contributed by atoms with Gasteiger partial charge in [-0.05, 0) is 24.3 Å². The smallest absolute Gasteiger partial charge is 0.355 e. The zero-order chi connectivity index (χ0) is 14.0. The predicted octanol–water partition coefficient (Wildman–Crippen LogP) is 2.25. The normalized spacial score (nSPS) is 11.4. The minimum atomic E-state index is -4.46. The van der Waals surface area contributed by atoms with Crippen LogP contribution in [0.15, 0.2) is 36.8 Å². The molecule has 4 nitrogen and oxygen atoms in total. The van der Waals surface area contributed by atoms with Gasteiger partial charge >= 0.3 is 6.18 Å². The van der Waals surface area contributed by atoms with E-state index in [2.05, 4.69) is 10.3 Å². The lowest BCUT2D eigenvalue weighted by atomic mass is 10.2. The molecule has 0 unspecified atom stereocenters. The highest BCUT2D eigenvalue weighted by atomic mass is 19.4. The van der Waals surface area contributed by atoms with E-state index in [0.29, 0.717) is 11.3 Å². The average molecular weight is 269 g/mol. The maximum Gasteiger partial charge on any atom is 0.434 e. The molecule has 0 spiro atoms. The first-order valence-electron chi connectivity index (χ1n) is 5.35. The number of hydrogen-bond acceptors (Lipinski definition) is 2. The van der Waals surface area contributed by atoms with E-state index in [9.17, 15) is 18.0 Å². The SMILES string of the molecule is CNC(=O)c1ccc(-n2cnc(C(F)(F)F)c2)cc1. The van der Waals surface area contributed by atoms with Gasteiger partial charge in [-0.3, -0.25) is 4.79 Å². The maximum absolute atomic E-state index is 12.4. The van der Waals surface area contributed by atoms with E-state index in [1.807, 2.05) is 0 Å². The molecule has 0 saturated heterocycles. The van der Waals surface area contributed by atoms with Gasteiger partial charge in [0, 0.05) is 24.5 Å². The van der Waals surface area contributed by atoms with Crippen LogP contribution in [0.2, 0.25) is 0 Å². The van der Waals surface area contributed by atoms with Crippen molar-refractivity contribution in [2.45, 2.75) is 6.18 Å². The number of halogens is 3. The number of rotatable bonds is 2. The van der Waals surface area contributed by atoms with E-state index in [1.165, 1.54) is 23.7 Å². The second kappa shape index (κ2) is 4.75. The third-order valence-corrected chi connectivity index (χ3v) is 2.53. The van der Waals surface area contributed by atoms with Crippen molar-refractivity contribution in [3.8, 4) is 5.69 Å². The van der Waals surface area contributed by atoms with E-state index in [0.717, 1.165) is 12.5 Å². The molecule has 100 valence electrons. The molecule has 0 aliphatic heterocycles. The van der Waals surface area contributed by atoms with Crippen LogP contribution in [0.5, 0.6) is 0 Å². The summed E-state index contributed by atoms with van der Waals surface area (Å²) in [6.45, 7) is 0. The summed E-state index contributed by atoms with van der Waals surface area (Å²) in [6, 6.07) is 6.15. The van der Waals surface area contributed by atoms with Gasteiger partial charge in [0.1, 0.15) is 0 Å². The standard InChI is InChI=1S/C12H10F3N3O/c1-16-11(19)8-2-4-9(5-3-8)18-6-10(17-7-18)12(13,14)15/h2-7H,1H3,(H,16,19). The predicted molar refractivity (Wildman–Crippen MR) is 62.0 cm³/mol. The number of carbonyl (C=O) groups excluding carboxylic acids is 1. The zero-order valence-corrected chi connectivity index (χ0v) is 9.90. The Morgan fingerprint density at radius 2 is 1.89 bits per heavy atom. The van der Waals surface area contributed by atoms with Gasteiger partial charge in [0.15, 0.2) is 5.69 Å². The third-order valence-electron chi connectivity index (χ3n) is 2.53. The molecule has 2 rings (SSSR count). The first-order chi connectivity index (χ1) is 8.91. The molecule has 0 fully saturated rings. The van der Waals surface area contributed by atoms with Crippen molar-refractivity contribution < 1.29 is 18.0 Å². The number of nitrogens with one attached hydrogen (secondary N) is 1. The summed E-state index contributed by atoms with van der Waals surface area (Å²) in [5.41, 5.74) is -0.0269. The van der Waals surface area contributed by atoms with Crippen LogP contribution in [0.1, 0.15) is 16.1 Å². The fraction of sp³-hybridized carbons (Fsp3) is 0.167. The first kappa shape index (κ1) is 13.1. The molecule has 1 amide bonds. The van der Waals surface area contributed by atoms with Gasteiger partial charge in [0.25, 0.3) is 5.91 Å². The number of carbonyl (C=O) groups is 1. The Balaban J connectivity index is 2.28. The topological polar surface area (TPSA) is 46.9 Å². The molecule has 2 aromatic rings. The second-order valence-electron chi connectivity index (χ2n) is 3.79. The van der Waals surface area contributed by atoms with E-state index < -0.39 is 11.9 Å². The molecule has 19 heavy (non-hydrogen) atoms. The van der Waals surface area contributed by atoms with Crippen molar-refractivity contribution in [1.82, 2.24) is 14.9 Å². The molecule has 0 radical (unpaired) electrons. The Morgan fingerprint density at radius 1 is 1.26 bits per heavy atom. The van der Waals surface area contributed by atoms with Crippen molar-refractivity contribution in [3.05, 3.63) is 48.0 Å². The van der Waals surface area contributed by atoms with Gasteiger partial charge in [-0.2, -0.15) is 13.2 Å². The molecule has 0 saturated carbocycles. The van der Waals surface area contributed by atoms with Gasteiger partial charge in [-0.1, -0.05) is 0 Å². The number of benzene rings is 1. The van der Waals surface area contributed by atoms with Crippen LogP contribution in [0, 0.1) is 0 Å². The Bertz CT molecular complexity index is 587. The number of imidazole rings is 1. The number of aromatic nitrogens is 2. The molecule has 7 heteroatoms. The molecule has 0 aliphatic carbocycles. The van der Waals surface area contributed by atoms with Gasteiger partial charge in [-0.25, -0.2) is 4.98 Å². The number of amides is 1. The Kier molecular flexibility index (Phi) is 3.28. The molecule has 1 N–H and O–H groups in total. The van der Waals surface area contributed by atoms with Crippen LogP contribution in [0.25, 0.3) is 5.69 Å². The van der Waals surface area contributed by atoms with Crippen molar-refractivity contribution in [2.24, 2.45) is 0 Å². The van der Waals surface area contributed by atoms with Gasteiger partial charge < -0.3 is 9.88 Å². The van der Waals surface area contributed by atoms with Crippen LogP contribution in [0.4, 0.5) is 13.2 Å². The van der Waals surface area contributed by atoms with Crippen molar-refractivity contribution >= 4 is 5.91 Å². The van der Waals surface area contributed by atoms with E-state index >= 15 is 0 Å². The Labute approximate surface area is 106 Å². The first-order valence-corrected chi connectivity index (χ1v) is 5.35. The van der Waals surface area contributed by atoms with Gasteiger partial charge in [-0.15, -0.1) is 0 Å². The Hall–Kier alpha value is -2.31. The van der Waals surface area contributed by atoms with Crippen LogP contribution in [0.3, 0.4) is 0 Å². The molecule has 0 aliphatic rings. The largest absolute Gasteiger partial charge is 0.434 e. The number of nitrogens with zero attached hydrogens (tertiary/aromatic N) is 2. The summed E-state index contributed by atoms with van der Waals surface area (Å²) in [4.78, 5) is 14.6. The lowest BCUT2D eigenvalue weighted by molar-refractivity contribution is -0.140. The average Bonchev–Trinajstić information content (AvgIpc) is 2.87. The van der Waals surface area contributed by atoms with Crippen LogP contribution >= 0.6 is 0 Å². The highest BCUT2D eigenvalue weighted by Gasteiger charge is 2.33. The molecule has 1 heterocycles. The lowest BCUT2D eigenvalue weighted by Gasteiger charge is -2.04. The third kappa shape index (κ3) is 2.75. The molecular formula is C12H10F3N3O. The highest BCUT2D eigenvalue weighted by molar-refractivity contribution is 5.94. The quantitative estimate of drug-likeness (QED) is 0.909.